The molecule has 0 N–H and O–H groups in total. The van der Waals surface area contributed by atoms with Crippen molar-refractivity contribution in [2.75, 3.05) is 26.0 Å². The highest BCUT2D eigenvalue weighted by molar-refractivity contribution is 6.19. The van der Waals surface area contributed by atoms with E-state index in [2.05, 4.69) is 18.0 Å². The average Bonchev–Trinajstić information content (AvgIpc) is 2.14. The van der Waals surface area contributed by atoms with Gasteiger partial charge in [0.1, 0.15) is 0 Å². The Balaban J connectivity index is 2.37. The molecule has 0 bridgehead atoms. The van der Waals surface area contributed by atoms with Crippen LogP contribution in [0.2, 0.25) is 0 Å². The monoisotopic (exact) mass is 131 g/mol. The fourth-order valence-electron chi connectivity index (χ4n) is 0.858. The van der Waals surface area contributed by atoms with Crippen molar-refractivity contribution in [1.82, 2.24) is 4.90 Å². The Hall–Kier alpha value is -0.0100. The van der Waals surface area contributed by atoms with Crippen LogP contribution in [-0.4, -0.2) is 30.9 Å². The summed E-state index contributed by atoms with van der Waals surface area (Å²) in [6, 6.07) is 0. The van der Waals surface area contributed by atoms with Crippen LogP contribution in [-0.2, 0) is 0 Å². The third-order valence-electron chi connectivity index (χ3n) is 1.34. The van der Waals surface area contributed by atoms with Gasteiger partial charge in [-0.3, -0.25) is 4.90 Å². The third-order valence-corrected chi connectivity index (χ3v) is 1.68. The van der Waals surface area contributed by atoms with Gasteiger partial charge in [0.2, 0.25) is 0 Å². The highest BCUT2D eigenvalue weighted by atomic mass is 35.5. The molecule has 0 aromatic carbocycles. The maximum absolute atomic E-state index is 5.58. The number of hydrogen-bond donors (Lipinski definition) is 0. The zero-order chi connectivity index (χ0) is 5.98. The van der Waals surface area contributed by atoms with E-state index in [0.717, 1.165) is 13.1 Å². The molecule has 0 fully saturated rings. The largest absolute Gasteiger partial charge is 0.299 e. The van der Waals surface area contributed by atoms with Crippen LogP contribution in [0.4, 0.5) is 0 Å². The van der Waals surface area contributed by atoms with Crippen LogP contribution >= 0.6 is 11.6 Å². The van der Waals surface area contributed by atoms with Gasteiger partial charge in [-0.1, -0.05) is 6.08 Å². The summed E-state index contributed by atoms with van der Waals surface area (Å²) < 4.78 is 0. The van der Waals surface area contributed by atoms with Crippen LogP contribution < -0.4 is 0 Å². The van der Waals surface area contributed by atoms with E-state index < -0.39 is 0 Å². The van der Waals surface area contributed by atoms with Gasteiger partial charge in [0.15, 0.2) is 0 Å². The maximum Gasteiger partial charge on any atom is 0.0446 e. The Morgan fingerprint density at radius 3 is 2.88 bits per heavy atom. The van der Waals surface area contributed by atoms with Crippen LogP contribution in [0.25, 0.3) is 0 Å². The zero-order valence-electron chi connectivity index (χ0n) is 5.02. The van der Waals surface area contributed by atoms with Gasteiger partial charge in [-0.25, -0.2) is 0 Å². The minimum absolute atomic E-state index is 0.699. The number of hydrogen-bond acceptors (Lipinski definition) is 1. The molecule has 1 aliphatic heterocycles. The topological polar surface area (TPSA) is 3.24 Å². The third kappa shape index (κ3) is 1.23. The lowest BCUT2D eigenvalue weighted by Gasteiger charge is -2.04. The summed E-state index contributed by atoms with van der Waals surface area (Å²) in [6.07, 6.45) is 2.19. The molecule has 1 aliphatic rings. The molecule has 0 radical (unpaired) electrons. The van der Waals surface area contributed by atoms with E-state index in [1.807, 2.05) is 0 Å². The number of rotatable bonds is 1. The molecule has 0 saturated heterocycles. The normalized spacial score (nSPS) is 21.5. The predicted octanol–water partition coefficient (Wildman–Crippen LogP) is 1.10. The van der Waals surface area contributed by atoms with Crippen molar-refractivity contribution in [1.29, 1.82) is 0 Å². The minimum Gasteiger partial charge on any atom is -0.299 e. The van der Waals surface area contributed by atoms with Gasteiger partial charge >= 0.3 is 0 Å². The van der Waals surface area contributed by atoms with E-state index in [0.29, 0.717) is 5.88 Å². The second-order valence-corrected chi connectivity index (χ2v) is 2.46. The van der Waals surface area contributed by atoms with Crippen LogP contribution in [0.3, 0.4) is 0 Å². The van der Waals surface area contributed by atoms with Crippen LogP contribution in [0.5, 0.6) is 0 Å². The van der Waals surface area contributed by atoms with Crippen molar-refractivity contribution >= 4 is 11.6 Å². The van der Waals surface area contributed by atoms with Crippen molar-refractivity contribution in [3.63, 3.8) is 0 Å². The van der Waals surface area contributed by atoms with Crippen molar-refractivity contribution < 1.29 is 0 Å². The SMILES string of the molecule is CN1CC=C(CCl)C1. The van der Waals surface area contributed by atoms with Gasteiger partial charge in [0, 0.05) is 19.0 Å². The summed E-state index contributed by atoms with van der Waals surface area (Å²) in [5.74, 6) is 0.699. The van der Waals surface area contributed by atoms with Crippen LogP contribution in [0.15, 0.2) is 11.6 Å². The first-order valence-corrected chi connectivity index (χ1v) is 3.29. The van der Waals surface area contributed by atoms with Gasteiger partial charge in [-0.2, -0.15) is 0 Å². The Bertz CT molecular complexity index is 109. The van der Waals surface area contributed by atoms with Gasteiger partial charge < -0.3 is 0 Å². The molecule has 2 heteroatoms. The van der Waals surface area contributed by atoms with E-state index in [1.54, 1.807) is 0 Å². The van der Waals surface area contributed by atoms with Crippen LogP contribution in [0, 0.1) is 0 Å². The average molecular weight is 132 g/mol. The molecule has 1 nitrogen and oxygen atoms in total. The molecule has 0 amide bonds. The Morgan fingerprint density at radius 2 is 2.62 bits per heavy atom. The second-order valence-electron chi connectivity index (χ2n) is 2.19. The minimum atomic E-state index is 0.699. The lowest BCUT2D eigenvalue weighted by atomic mass is 10.3. The van der Waals surface area contributed by atoms with Crippen molar-refractivity contribution in [3.8, 4) is 0 Å². The Kier molecular flexibility index (Phi) is 1.92. The fourth-order valence-corrected chi connectivity index (χ4v) is 1.05. The Labute approximate surface area is 54.9 Å². The zero-order valence-corrected chi connectivity index (χ0v) is 5.78. The number of alkyl halides is 1. The summed E-state index contributed by atoms with van der Waals surface area (Å²) in [5, 5.41) is 0. The van der Waals surface area contributed by atoms with Gasteiger partial charge in [-0.15, -0.1) is 11.6 Å². The molecule has 0 aliphatic carbocycles. The molecule has 0 aromatic rings. The quantitative estimate of drug-likeness (QED) is 0.381. The molecule has 1 rings (SSSR count). The second kappa shape index (κ2) is 2.51. The highest BCUT2D eigenvalue weighted by Gasteiger charge is 2.06. The van der Waals surface area contributed by atoms with Gasteiger partial charge in [0.25, 0.3) is 0 Å². The van der Waals surface area contributed by atoms with E-state index >= 15 is 0 Å². The molecule has 0 unspecified atom stereocenters. The van der Waals surface area contributed by atoms with E-state index in [4.69, 9.17) is 11.6 Å². The van der Waals surface area contributed by atoms with Gasteiger partial charge in [0.05, 0.1) is 0 Å². The molecule has 46 valence electrons. The lowest BCUT2D eigenvalue weighted by Crippen LogP contribution is -2.13. The molecule has 0 spiro atoms. The predicted molar refractivity (Wildman–Crippen MR) is 36.3 cm³/mol. The molecule has 0 saturated carbocycles. The van der Waals surface area contributed by atoms with E-state index in [9.17, 15) is 0 Å². The summed E-state index contributed by atoms with van der Waals surface area (Å²) >= 11 is 5.58. The van der Waals surface area contributed by atoms with Gasteiger partial charge in [-0.05, 0) is 12.6 Å². The van der Waals surface area contributed by atoms with E-state index in [-0.39, 0.29) is 0 Å². The smallest absolute Gasteiger partial charge is 0.0446 e. The highest BCUT2D eigenvalue weighted by Crippen LogP contribution is 2.06. The van der Waals surface area contributed by atoms with E-state index in [1.165, 1.54) is 5.57 Å². The molecule has 8 heavy (non-hydrogen) atoms. The van der Waals surface area contributed by atoms with Crippen molar-refractivity contribution in [2.24, 2.45) is 0 Å². The molecular formula is C6H10ClN. The number of likely N-dealkylation sites (N-methyl/N-ethyl adjacent to an activating group) is 1. The standard InChI is InChI=1S/C6H10ClN/c1-8-3-2-6(4-7)5-8/h2H,3-5H2,1H3. The Morgan fingerprint density at radius 1 is 1.88 bits per heavy atom. The molecule has 0 aromatic heterocycles. The first-order valence-electron chi connectivity index (χ1n) is 2.75. The maximum atomic E-state index is 5.58. The first-order chi connectivity index (χ1) is 3.83. The van der Waals surface area contributed by atoms with Crippen molar-refractivity contribution in [3.05, 3.63) is 11.6 Å². The summed E-state index contributed by atoms with van der Waals surface area (Å²) in [4.78, 5) is 2.23. The molecular weight excluding hydrogens is 122 g/mol. The first kappa shape index (κ1) is 6.12. The molecule has 1 heterocycles. The summed E-state index contributed by atoms with van der Waals surface area (Å²) in [7, 11) is 2.09. The fraction of sp³-hybridized carbons (Fsp3) is 0.667. The summed E-state index contributed by atoms with van der Waals surface area (Å²) in [5.41, 5.74) is 1.36. The molecule has 0 atom stereocenters. The summed E-state index contributed by atoms with van der Waals surface area (Å²) in [6.45, 7) is 2.13. The number of halogens is 1. The number of nitrogens with zero attached hydrogens (tertiary/aromatic N) is 1. The van der Waals surface area contributed by atoms with Crippen LogP contribution in [0.1, 0.15) is 0 Å². The van der Waals surface area contributed by atoms with Crippen molar-refractivity contribution in [2.45, 2.75) is 0 Å². The lowest BCUT2D eigenvalue weighted by molar-refractivity contribution is 0.430.